The van der Waals surface area contributed by atoms with Crippen LogP contribution in [0.2, 0.25) is 0 Å². The molecule has 94 valence electrons. The fraction of sp³-hybridized carbons (Fsp3) is 0.385. The highest BCUT2D eigenvalue weighted by Crippen LogP contribution is 2.11. The zero-order chi connectivity index (χ0) is 13.0. The number of urea groups is 1. The van der Waals surface area contributed by atoms with E-state index >= 15 is 0 Å². The summed E-state index contributed by atoms with van der Waals surface area (Å²) in [6.07, 6.45) is 0.0745. The van der Waals surface area contributed by atoms with E-state index in [0.717, 1.165) is 0 Å². The molecule has 1 aliphatic rings. The molecule has 5 nitrogen and oxygen atoms in total. The number of benzene rings is 1. The Bertz CT molecular complexity index is 464. The van der Waals surface area contributed by atoms with Crippen LogP contribution in [0.4, 0.5) is 10.5 Å². The summed E-state index contributed by atoms with van der Waals surface area (Å²) in [6.45, 7) is 3.72. The van der Waals surface area contributed by atoms with Crippen molar-refractivity contribution in [3.8, 4) is 6.07 Å². The molecule has 1 aromatic rings. The van der Waals surface area contributed by atoms with Gasteiger partial charge in [0.1, 0.15) is 0 Å². The van der Waals surface area contributed by atoms with Crippen LogP contribution in [0.5, 0.6) is 0 Å². The SMILES string of the molecule is CC1CN(C(=O)Nc2ccc(C#N)cc2)CCO1. The third kappa shape index (κ3) is 2.99. The zero-order valence-corrected chi connectivity index (χ0v) is 10.2. The number of amides is 2. The third-order valence-corrected chi connectivity index (χ3v) is 2.79. The van der Waals surface area contributed by atoms with Gasteiger partial charge >= 0.3 is 6.03 Å². The molecule has 1 aromatic carbocycles. The van der Waals surface area contributed by atoms with Gasteiger partial charge in [0, 0.05) is 18.8 Å². The Morgan fingerprint density at radius 1 is 1.50 bits per heavy atom. The van der Waals surface area contributed by atoms with E-state index in [4.69, 9.17) is 10.00 Å². The Morgan fingerprint density at radius 2 is 2.22 bits per heavy atom. The molecule has 0 spiro atoms. The summed E-state index contributed by atoms with van der Waals surface area (Å²) in [5.74, 6) is 0. The second kappa shape index (κ2) is 5.52. The molecular formula is C13H15N3O2. The second-order valence-corrected chi connectivity index (χ2v) is 4.25. The Balaban J connectivity index is 1.96. The van der Waals surface area contributed by atoms with E-state index in [1.54, 1.807) is 29.2 Å². The van der Waals surface area contributed by atoms with E-state index in [-0.39, 0.29) is 12.1 Å². The summed E-state index contributed by atoms with van der Waals surface area (Å²) in [5.41, 5.74) is 1.27. The molecule has 1 atom stereocenters. The monoisotopic (exact) mass is 245 g/mol. The molecule has 1 N–H and O–H groups in total. The summed E-state index contributed by atoms with van der Waals surface area (Å²) in [4.78, 5) is 13.7. The smallest absolute Gasteiger partial charge is 0.322 e. The van der Waals surface area contributed by atoms with Crippen LogP contribution in [0.15, 0.2) is 24.3 Å². The van der Waals surface area contributed by atoms with Crippen molar-refractivity contribution in [1.82, 2.24) is 4.90 Å². The van der Waals surface area contributed by atoms with E-state index in [1.807, 2.05) is 13.0 Å². The van der Waals surface area contributed by atoms with Gasteiger partial charge in [0.15, 0.2) is 0 Å². The van der Waals surface area contributed by atoms with Gasteiger partial charge in [-0.1, -0.05) is 0 Å². The molecule has 1 fully saturated rings. The first-order chi connectivity index (χ1) is 8.69. The number of anilines is 1. The predicted octanol–water partition coefficient (Wildman–Crippen LogP) is 1.81. The minimum absolute atomic E-state index is 0.0745. The standard InChI is InChI=1S/C13H15N3O2/c1-10-9-16(6-7-18-10)13(17)15-12-4-2-11(8-14)3-5-12/h2-5,10H,6-7,9H2,1H3,(H,15,17). The van der Waals surface area contributed by atoms with Crippen molar-refractivity contribution in [1.29, 1.82) is 5.26 Å². The normalized spacial score (nSPS) is 19.1. The van der Waals surface area contributed by atoms with E-state index in [0.29, 0.717) is 30.9 Å². The van der Waals surface area contributed by atoms with Crippen LogP contribution in [-0.2, 0) is 4.74 Å². The van der Waals surface area contributed by atoms with Crippen LogP contribution in [0.3, 0.4) is 0 Å². The van der Waals surface area contributed by atoms with Gasteiger partial charge in [-0.05, 0) is 31.2 Å². The molecule has 2 amide bonds. The number of hydrogen-bond donors (Lipinski definition) is 1. The van der Waals surface area contributed by atoms with Gasteiger partial charge < -0.3 is 15.0 Å². The fourth-order valence-corrected chi connectivity index (χ4v) is 1.83. The molecule has 0 bridgehead atoms. The highest BCUT2D eigenvalue weighted by atomic mass is 16.5. The Hall–Kier alpha value is -2.06. The lowest BCUT2D eigenvalue weighted by molar-refractivity contribution is -0.00138. The van der Waals surface area contributed by atoms with Crippen LogP contribution in [0, 0.1) is 11.3 Å². The lowest BCUT2D eigenvalue weighted by atomic mass is 10.2. The number of nitriles is 1. The first-order valence-corrected chi connectivity index (χ1v) is 5.87. The molecule has 0 saturated carbocycles. The van der Waals surface area contributed by atoms with Crippen LogP contribution in [-0.4, -0.2) is 36.7 Å². The van der Waals surface area contributed by atoms with Crippen molar-refractivity contribution in [3.05, 3.63) is 29.8 Å². The van der Waals surface area contributed by atoms with Gasteiger partial charge in [-0.25, -0.2) is 4.79 Å². The molecular weight excluding hydrogens is 230 g/mol. The molecule has 1 aliphatic heterocycles. The van der Waals surface area contributed by atoms with Crippen molar-refractivity contribution in [3.63, 3.8) is 0 Å². The average Bonchev–Trinajstić information content (AvgIpc) is 2.39. The minimum Gasteiger partial charge on any atom is -0.375 e. The average molecular weight is 245 g/mol. The number of morpholine rings is 1. The molecule has 1 heterocycles. The van der Waals surface area contributed by atoms with Crippen molar-refractivity contribution >= 4 is 11.7 Å². The molecule has 1 saturated heterocycles. The summed E-state index contributed by atoms with van der Waals surface area (Å²) in [5, 5.41) is 11.5. The number of ether oxygens (including phenoxy) is 1. The first-order valence-electron chi connectivity index (χ1n) is 5.87. The minimum atomic E-state index is -0.130. The Morgan fingerprint density at radius 3 is 2.83 bits per heavy atom. The van der Waals surface area contributed by atoms with Gasteiger partial charge in [0.25, 0.3) is 0 Å². The van der Waals surface area contributed by atoms with Gasteiger partial charge in [-0.15, -0.1) is 0 Å². The highest BCUT2D eigenvalue weighted by Gasteiger charge is 2.21. The summed E-state index contributed by atoms with van der Waals surface area (Å²) in [6, 6.07) is 8.71. The van der Waals surface area contributed by atoms with Gasteiger partial charge in [-0.2, -0.15) is 5.26 Å². The van der Waals surface area contributed by atoms with E-state index < -0.39 is 0 Å². The number of carbonyl (C=O) groups excluding carboxylic acids is 1. The molecule has 18 heavy (non-hydrogen) atoms. The van der Waals surface area contributed by atoms with E-state index in [1.165, 1.54) is 0 Å². The fourth-order valence-electron chi connectivity index (χ4n) is 1.83. The maximum Gasteiger partial charge on any atom is 0.322 e. The van der Waals surface area contributed by atoms with E-state index in [2.05, 4.69) is 5.32 Å². The zero-order valence-electron chi connectivity index (χ0n) is 10.2. The number of hydrogen-bond acceptors (Lipinski definition) is 3. The van der Waals surface area contributed by atoms with Crippen LogP contribution in [0.25, 0.3) is 0 Å². The number of nitrogens with zero attached hydrogens (tertiary/aromatic N) is 2. The molecule has 0 radical (unpaired) electrons. The number of rotatable bonds is 1. The molecule has 0 aliphatic carbocycles. The van der Waals surface area contributed by atoms with Crippen molar-refractivity contribution < 1.29 is 9.53 Å². The van der Waals surface area contributed by atoms with Crippen LogP contribution >= 0.6 is 0 Å². The summed E-state index contributed by atoms with van der Waals surface area (Å²) >= 11 is 0. The van der Waals surface area contributed by atoms with Crippen LogP contribution < -0.4 is 5.32 Å². The Labute approximate surface area is 106 Å². The highest BCUT2D eigenvalue weighted by molar-refractivity contribution is 5.89. The molecule has 5 heteroatoms. The summed E-state index contributed by atoms with van der Waals surface area (Å²) in [7, 11) is 0. The number of nitrogens with one attached hydrogen (secondary N) is 1. The third-order valence-electron chi connectivity index (χ3n) is 2.79. The van der Waals surface area contributed by atoms with Gasteiger partial charge in [0.05, 0.1) is 24.3 Å². The lowest BCUT2D eigenvalue weighted by Gasteiger charge is -2.31. The molecule has 1 unspecified atom stereocenters. The predicted molar refractivity (Wildman–Crippen MR) is 67.2 cm³/mol. The van der Waals surface area contributed by atoms with Crippen molar-refractivity contribution in [2.75, 3.05) is 25.0 Å². The van der Waals surface area contributed by atoms with E-state index in [9.17, 15) is 4.79 Å². The van der Waals surface area contributed by atoms with Crippen molar-refractivity contribution in [2.45, 2.75) is 13.0 Å². The summed E-state index contributed by atoms with van der Waals surface area (Å²) < 4.78 is 5.38. The second-order valence-electron chi connectivity index (χ2n) is 4.25. The molecule has 0 aromatic heterocycles. The first kappa shape index (κ1) is 12.4. The molecule has 2 rings (SSSR count). The van der Waals surface area contributed by atoms with Crippen LogP contribution in [0.1, 0.15) is 12.5 Å². The topological polar surface area (TPSA) is 65.4 Å². The lowest BCUT2D eigenvalue weighted by Crippen LogP contribution is -2.46. The maximum absolute atomic E-state index is 12.0. The van der Waals surface area contributed by atoms with Gasteiger partial charge in [0.2, 0.25) is 0 Å². The Kier molecular flexibility index (Phi) is 3.80. The van der Waals surface area contributed by atoms with Crippen molar-refractivity contribution in [2.24, 2.45) is 0 Å². The van der Waals surface area contributed by atoms with Gasteiger partial charge in [-0.3, -0.25) is 0 Å². The maximum atomic E-state index is 12.0. The number of carbonyl (C=O) groups is 1. The quantitative estimate of drug-likeness (QED) is 0.820. The largest absolute Gasteiger partial charge is 0.375 e.